The van der Waals surface area contributed by atoms with Crippen molar-refractivity contribution < 1.29 is 5.11 Å². The Hall–Kier alpha value is -1.71. The molecule has 0 aliphatic rings. The van der Waals surface area contributed by atoms with E-state index in [1.807, 2.05) is 62.5 Å². The van der Waals surface area contributed by atoms with Crippen molar-refractivity contribution >= 4 is 0 Å². The zero-order valence-corrected chi connectivity index (χ0v) is 11.4. The summed E-state index contributed by atoms with van der Waals surface area (Å²) >= 11 is 0. The Kier molecular flexibility index (Phi) is 4.30. The van der Waals surface area contributed by atoms with E-state index in [4.69, 9.17) is 0 Å². The molecule has 0 saturated heterocycles. The quantitative estimate of drug-likeness (QED) is 0.863. The number of aromatic nitrogens is 1. The second-order valence-electron chi connectivity index (χ2n) is 5.04. The van der Waals surface area contributed by atoms with Crippen molar-refractivity contribution in [2.45, 2.75) is 25.9 Å². The van der Waals surface area contributed by atoms with E-state index in [9.17, 15) is 5.11 Å². The van der Waals surface area contributed by atoms with E-state index >= 15 is 0 Å². The van der Waals surface area contributed by atoms with E-state index < -0.39 is 5.54 Å². The normalized spacial score (nSPS) is 14.1. The molecular weight excluding hydrogens is 236 g/mol. The molecule has 0 radical (unpaired) electrons. The third-order valence-corrected chi connectivity index (χ3v) is 3.36. The number of aliphatic hydroxyl groups is 1. The summed E-state index contributed by atoms with van der Waals surface area (Å²) in [6.07, 6.45) is 1.86. The first-order valence-corrected chi connectivity index (χ1v) is 6.47. The summed E-state index contributed by atoms with van der Waals surface area (Å²) in [5, 5.41) is 13.1. The number of aliphatic hydroxyl groups excluding tert-OH is 1. The summed E-state index contributed by atoms with van der Waals surface area (Å²) < 4.78 is 0. The first kappa shape index (κ1) is 13.7. The maximum atomic E-state index is 9.68. The van der Waals surface area contributed by atoms with Gasteiger partial charge in [0.05, 0.1) is 17.8 Å². The molecule has 2 rings (SSSR count). The number of rotatable bonds is 5. The molecule has 0 bridgehead atoms. The van der Waals surface area contributed by atoms with Crippen LogP contribution in [0.5, 0.6) is 0 Å². The Bertz CT molecular complexity index is 510. The van der Waals surface area contributed by atoms with Gasteiger partial charge in [0, 0.05) is 12.7 Å². The molecule has 0 aliphatic carbocycles. The molecule has 0 spiro atoms. The summed E-state index contributed by atoms with van der Waals surface area (Å²) in [4.78, 5) is 4.37. The molecule has 1 heterocycles. The minimum absolute atomic E-state index is 0.0445. The van der Waals surface area contributed by atoms with Crippen LogP contribution in [0.15, 0.2) is 48.7 Å². The fourth-order valence-electron chi connectivity index (χ4n) is 1.94. The van der Waals surface area contributed by atoms with E-state index in [0.29, 0.717) is 6.54 Å². The van der Waals surface area contributed by atoms with Crippen molar-refractivity contribution in [2.75, 3.05) is 6.61 Å². The first-order valence-electron chi connectivity index (χ1n) is 6.47. The van der Waals surface area contributed by atoms with Crippen molar-refractivity contribution in [3.63, 3.8) is 0 Å². The van der Waals surface area contributed by atoms with E-state index in [-0.39, 0.29) is 6.61 Å². The van der Waals surface area contributed by atoms with Gasteiger partial charge in [-0.05, 0) is 31.0 Å². The van der Waals surface area contributed by atoms with Crippen LogP contribution in [0, 0.1) is 6.92 Å². The Morgan fingerprint density at radius 2 is 1.89 bits per heavy atom. The SMILES string of the molecule is Cc1ccc(CNC(C)(CO)c2ccccc2)nc1. The Balaban J connectivity index is 2.09. The maximum absolute atomic E-state index is 9.68. The first-order chi connectivity index (χ1) is 9.14. The van der Waals surface area contributed by atoms with Crippen LogP contribution in [0.2, 0.25) is 0 Å². The number of hydrogen-bond donors (Lipinski definition) is 2. The predicted molar refractivity (Wildman–Crippen MR) is 76.7 cm³/mol. The lowest BCUT2D eigenvalue weighted by atomic mass is 9.93. The smallest absolute Gasteiger partial charge is 0.0652 e. The number of hydrogen-bond acceptors (Lipinski definition) is 3. The van der Waals surface area contributed by atoms with Gasteiger partial charge in [0.1, 0.15) is 0 Å². The summed E-state index contributed by atoms with van der Waals surface area (Å²) in [6.45, 7) is 4.69. The highest BCUT2D eigenvalue weighted by molar-refractivity contribution is 5.24. The molecule has 3 nitrogen and oxygen atoms in total. The summed E-state index contributed by atoms with van der Waals surface area (Å²) in [5.41, 5.74) is 2.75. The minimum Gasteiger partial charge on any atom is -0.394 e. The number of nitrogens with zero attached hydrogens (tertiary/aromatic N) is 1. The van der Waals surface area contributed by atoms with Gasteiger partial charge >= 0.3 is 0 Å². The Labute approximate surface area is 114 Å². The highest BCUT2D eigenvalue weighted by atomic mass is 16.3. The van der Waals surface area contributed by atoms with Crippen LogP contribution in [0.1, 0.15) is 23.7 Å². The Morgan fingerprint density at radius 3 is 2.47 bits per heavy atom. The van der Waals surface area contributed by atoms with Gasteiger partial charge in [0.2, 0.25) is 0 Å². The third-order valence-electron chi connectivity index (χ3n) is 3.36. The van der Waals surface area contributed by atoms with Gasteiger partial charge in [-0.3, -0.25) is 4.98 Å². The van der Waals surface area contributed by atoms with Crippen molar-refractivity contribution in [1.29, 1.82) is 0 Å². The zero-order valence-electron chi connectivity index (χ0n) is 11.4. The summed E-state index contributed by atoms with van der Waals surface area (Å²) in [5.74, 6) is 0. The van der Waals surface area contributed by atoms with Crippen LogP contribution in [-0.2, 0) is 12.1 Å². The summed E-state index contributed by atoms with van der Waals surface area (Å²) in [7, 11) is 0. The molecule has 3 heteroatoms. The van der Waals surface area contributed by atoms with Crippen LogP contribution in [-0.4, -0.2) is 16.7 Å². The highest BCUT2D eigenvalue weighted by Crippen LogP contribution is 2.20. The van der Waals surface area contributed by atoms with Gasteiger partial charge in [-0.1, -0.05) is 36.4 Å². The average Bonchev–Trinajstić information content (AvgIpc) is 2.47. The zero-order chi connectivity index (χ0) is 13.7. The molecule has 2 N–H and O–H groups in total. The van der Waals surface area contributed by atoms with E-state index in [1.54, 1.807) is 0 Å². The largest absolute Gasteiger partial charge is 0.394 e. The van der Waals surface area contributed by atoms with E-state index in [2.05, 4.69) is 10.3 Å². The van der Waals surface area contributed by atoms with Crippen LogP contribution >= 0.6 is 0 Å². The lowest BCUT2D eigenvalue weighted by Gasteiger charge is -2.29. The summed E-state index contributed by atoms with van der Waals surface area (Å²) in [6, 6.07) is 14.0. The number of pyridine rings is 1. The molecule has 0 amide bonds. The van der Waals surface area contributed by atoms with Gasteiger partial charge in [-0.15, -0.1) is 0 Å². The third kappa shape index (κ3) is 3.40. The van der Waals surface area contributed by atoms with Gasteiger partial charge in [-0.25, -0.2) is 0 Å². The van der Waals surface area contributed by atoms with Gasteiger partial charge < -0.3 is 10.4 Å². The lowest BCUT2D eigenvalue weighted by Crippen LogP contribution is -2.42. The maximum Gasteiger partial charge on any atom is 0.0652 e. The molecule has 1 aromatic carbocycles. The molecule has 2 aromatic rings. The van der Waals surface area contributed by atoms with Crippen molar-refractivity contribution in [3.05, 3.63) is 65.5 Å². The predicted octanol–water partition coefficient (Wildman–Crippen LogP) is 2.39. The van der Waals surface area contributed by atoms with Crippen LogP contribution < -0.4 is 5.32 Å². The fourth-order valence-corrected chi connectivity index (χ4v) is 1.94. The van der Waals surface area contributed by atoms with E-state index in [0.717, 1.165) is 16.8 Å². The molecule has 0 saturated carbocycles. The van der Waals surface area contributed by atoms with Gasteiger partial charge in [0.15, 0.2) is 0 Å². The molecule has 100 valence electrons. The van der Waals surface area contributed by atoms with Crippen LogP contribution in [0.25, 0.3) is 0 Å². The highest BCUT2D eigenvalue weighted by Gasteiger charge is 2.24. The molecule has 1 unspecified atom stereocenters. The number of benzene rings is 1. The standard InChI is InChI=1S/C16H20N2O/c1-13-8-9-15(17-10-13)11-18-16(2,12-19)14-6-4-3-5-7-14/h3-10,18-19H,11-12H2,1-2H3. The fraction of sp³-hybridized carbons (Fsp3) is 0.312. The van der Waals surface area contributed by atoms with Gasteiger partial charge in [-0.2, -0.15) is 0 Å². The molecule has 19 heavy (non-hydrogen) atoms. The topological polar surface area (TPSA) is 45.1 Å². The molecule has 1 atom stereocenters. The molecule has 0 fully saturated rings. The Morgan fingerprint density at radius 1 is 1.16 bits per heavy atom. The van der Waals surface area contributed by atoms with Crippen LogP contribution in [0.3, 0.4) is 0 Å². The monoisotopic (exact) mass is 256 g/mol. The lowest BCUT2D eigenvalue weighted by molar-refractivity contribution is 0.173. The van der Waals surface area contributed by atoms with Crippen molar-refractivity contribution in [1.82, 2.24) is 10.3 Å². The van der Waals surface area contributed by atoms with E-state index in [1.165, 1.54) is 0 Å². The van der Waals surface area contributed by atoms with Crippen molar-refractivity contribution in [3.8, 4) is 0 Å². The minimum atomic E-state index is -0.451. The molecule has 0 aliphatic heterocycles. The molecular formula is C16H20N2O. The average molecular weight is 256 g/mol. The van der Waals surface area contributed by atoms with Gasteiger partial charge in [0.25, 0.3) is 0 Å². The second-order valence-corrected chi connectivity index (χ2v) is 5.04. The second kappa shape index (κ2) is 5.95. The number of aryl methyl sites for hydroxylation is 1. The molecule has 1 aromatic heterocycles. The van der Waals surface area contributed by atoms with Crippen molar-refractivity contribution in [2.24, 2.45) is 0 Å². The van der Waals surface area contributed by atoms with Crippen LogP contribution in [0.4, 0.5) is 0 Å². The number of nitrogens with one attached hydrogen (secondary N) is 1.